The first kappa shape index (κ1) is 24.8. The summed E-state index contributed by atoms with van der Waals surface area (Å²) in [4.78, 5) is 33.1. The Bertz CT molecular complexity index is 632. The van der Waals surface area contributed by atoms with Crippen LogP contribution in [0.2, 0.25) is 0 Å². The SMILES string of the molecule is CCCCCCCCC(=O)OCC(C)(CO)CO.O=C1OC(=O)c2ccccc21. The van der Waals surface area contributed by atoms with Crippen LogP contribution < -0.4 is 0 Å². The van der Waals surface area contributed by atoms with E-state index >= 15 is 0 Å². The summed E-state index contributed by atoms with van der Waals surface area (Å²) in [6, 6.07) is 6.53. The third-order valence-corrected chi connectivity index (χ3v) is 4.63. The van der Waals surface area contributed by atoms with Crippen molar-refractivity contribution >= 4 is 17.9 Å². The largest absolute Gasteiger partial charge is 0.465 e. The van der Waals surface area contributed by atoms with Crippen LogP contribution in [-0.4, -0.2) is 47.9 Å². The topological polar surface area (TPSA) is 110 Å². The predicted octanol–water partition coefficient (Wildman–Crippen LogP) is 3.27. The molecule has 1 aliphatic rings. The summed E-state index contributed by atoms with van der Waals surface area (Å²) in [6.45, 7) is 3.57. The fourth-order valence-corrected chi connectivity index (χ4v) is 2.55. The number of unbranched alkanes of at least 4 members (excludes halogenated alkanes) is 5. The molecule has 0 saturated carbocycles. The van der Waals surface area contributed by atoms with Gasteiger partial charge in [0.25, 0.3) is 0 Å². The summed E-state index contributed by atoms with van der Waals surface area (Å²) in [7, 11) is 0. The van der Waals surface area contributed by atoms with Crippen LogP contribution >= 0.6 is 0 Å². The van der Waals surface area contributed by atoms with Crippen LogP contribution in [0.25, 0.3) is 0 Å². The summed E-state index contributed by atoms with van der Waals surface area (Å²) in [5.74, 6) is -1.34. The molecule has 0 saturated heterocycles. The molecule has 0 aliphatic carbocycles. The number of fused-ring (bicyclic) bond motifs is 1. The van der Waals surface area contributed by atoms with Crippen LogP contribution in [-0.2, 0) is 14.3 Å². The Labute approximate surface area is 172 Å². The van der Waals surface area contributed by atoms with Gasteiger partial charge in [-0.2, -0.15) is 0 Å². The lowest BCUT2D eigenvalue weighted by molar-refractivity contribution is -0.149. The van der Waals surface area contributed by atoms with E-state index in [9.17, 15) is 14.4 Å². The third kappa shape index (κ3) is 8.75. The van der Waals surface area contributed by atoms with Gasteiger partial charge in [-0.25, -0.2) is 9.59 Å². The van der Waals surface area contributed by atoms with Gasteiger partial charge in [0.15, 0.2) is 0 Å². The van der Waals surface area contributed by atoms with Gasteiger partial charge in [-0.15, -0.1) is 0 Å². The average molecular weight is 408 g/mol. The molecule has 1 aromatic carbocycles. The van der Waals surface area contributed by atoms with Crippen LogP contribution in [0.4, 0.5) is 0 Å². The van der Waals surface area contributed by atoms with E-state index in [1.807, 2.05) is 0 Å². The Morgan fingerprint density at radius 1 is 0.966 bits per heavy atom. The third-order valence-electron chi connectivity index (χ3n) is 4.63. The van der Waals surface area contributed by atoms with E-state index in [1.165, 1.54) is 25.7 Å². The second kappa shape index (κ2) is 13.1. The van der Waals surface area contributed by atoms with Crippen LogP contribution in [0.3, 0.4) is 0 Å². The van der Waals surface area contributed by atoms with Gasteiger partial charge in [-0.05, 0) is 18.6 Å². The standard InChI is InChI=1S/C14H28O4.C8H4O3/c1-3-4-5-6-7-8-9-13(17)18-12-14(2,10-15)11-16;9-7-5-3-1-2-4-6(5)8(10)11-7/h15-16H,3-12H2,1-2H3;1-4H. The van der Waals surface area contributed by atoms with E-state index in [-0.39, 0.29) is 25.8 Å². The van der Waals surface area contributed by atoms with Crippen LogP contribution in [0.1, 0.15) is 79.5 Å². The van der Waals surface area contributed by atoms with Crippen molar-refractivity contribution in [2.24, 2.45) is 5.41 Å². The number of cyclic esters (lactones) is 2. The maximum atomic E-state index is 11.4. The van der Waals surface area contributed by atoms with Gasteiger partial charge in [0.05, 0.1) is 24.3 Å². The zero-order valence-electron chi connectivity index (χ0n) is 17.3. The van der Waals surface area contributed by atoms with Crippen molar-refractivity contribution in [1.82, 2.24) is 0 Å². The second-order valence-electron chi connectivity index (χ2n) is 7.53. The lowest BCUT2D eigenvalue weighted by Crippen LogP contribution is -2.32. The minimum Gasteiger partial charge on any atom is -0.465 e. The van der Waals surface area contributed by atoms with E-state index in [0.29, 0.717) is 17.5 Å². The lowest BCUT2D eigenvalue weighted by atomic mass is 9.94. The van der Waals surface area contributed by atoms with Crippen molar-refractivity contribution in [2.45, 2.75) is 58.8 Å². The Morgan fingerprint density at radius 2 is 1.48 bits per heavy atom. The molecule has 1 aromatic rings. The predicted molar refractivity (Wildman–Crippen MR) is 107 cm³/mol. The van der Waals surface area contributed by atoms with Crippen molar-refractivity contribution in [3.63, 3.8) is 0 Å². The molecule has 7 nitrogen and oxygen atoms in total. The highest BCUT2D eigenvalue weighted by atomic mass is 16.6. The minimum atomic E-state index is -0.725. The van der Waals surface area contributed by atoms with Gasteiger partial charge < -0.3 is 19.7 Å². The normalized spacial score (nSPS) is 12.7. The van der Waals surface area contributed by atoms with Crippen LogP contribution in [0, 0.1) is 5.41 Å². The van der Waals surface area contributed by atoms with Crippen molar-refractivity contribution in [3.8, 4) is 0 Å². The summed E-state index contributed by atoms with van der Waals surface area (Å²) in [5, 5.41) is 18.1. The molecule has 2 N–H and O–H groups in total. The zero-order chi connectivity index (χ0) is 21.7. The molecule has 2 rings (SSSR count). The van der Waals surface area contributed by atoms with Crippen molar-refractivity contribution in [3.05, 3.63) is 35.4 Å². The molecule has 0 spiro atoms. The highest BCUT2D eigenvalue weighted by Gasteiger charge is 2.28. The first-order chi connectivity index (χ1) is 13.9. The second-order valence-corrected chi connectivity index (χ2v) is 7.53. The first-order valence-corrected chi connectivity index (χ1v) is 10.1. The number of aliphatic hydroxyl groups excluding tert-OH is 2. The Morgan fingerprint density at radius 3 is 2.00 bits per heavy atom. The summed E-state index contributed by atoms with van der Waals surface area (Å²) >= 11 is 0. The molecule has 0 aromatic heterocycles. The molecule has 0 fully saturated rings. The van der Waals surface area contributed by atoms with Crippen molar-refractivity contribution in [2.75, 3.05) is 19.8 Å². The maximum absolute atomic E-state index is 11.4. The fourth-order valence-electron chi connectivity index (χ4n) is 2.55. The number of hydrogen-bond donors (Lipinski definition) is 2. The molecule has 29 heavy (non-hydrogen) atoms. The fraction of sp³-hybridized carbons (Fsp3) is 0.591. The zero-order valence-corrected chi connectivity index (χ0v) is 17.3. The number of carbonyl (C=O) groups excluding carboxylic acids is 3. The summed E-state index contributed by atoms with van der Waals surface area (Å²) in [6.07, 6.45) is 7.24. The molecule has 7 heteroatoms. The number of esters is 3. The lowest BCUT2D eigenvalue weighted by Gasteiger charge is -2.23. The number of aliphatic hydroxyl groups is 2. The number of ether oxygens (including phenoxy) is 2. The highest BCUT2D eigenvalue weighted by Crippen LogP contribution is 2.18. The molecule has 1 aliphatic heterocycles. The summed E-state index contributed by atoms with van der Waals surface area (Å²) in [5.41, 5.74) is -0.00782. The number of rotatable bonds is 11. The number of benzene rings is 1. The average Bonchev–Trinajstić information content (AvgIpc) is 3.03. The molecule has 1 heterocycles. The molecule has 0 radical (unpaired) electrons. The van der Waals surface area contributed by atoms with Crippen molar-refractivity contribution in [1.29, 1.82) is 0 Å². The Hall–Kier alpha value is -2.25. The Balaban J connectivity index is 0.000000321. The van der Waals surface area contributed by atoms with Gasteiger partial charge in [-0.1, -0.05) is 58.1 Å². The number of carbonyl (C=O) groups is 3. The summed E-state index contributed by atoms with van der Waals surface area (Å²) < 4.78 is 9.41. The van der Waals surface area contributed by atoms with Gasteiger partial charge in [0.1, 0.15) is 6.61 Å². The maximum Gasteiger partial charge on any atom is 0.346 e. The van der Waals surface area contributed by atoms with Gasteiger partial charge in [0, 0.05) is 11.8 Å². The smallest absolute Gasteiger partial charge is 0.346 e. The monoisotopic (exact) mass is 408 g/mol. The van der Waals surface area contributed by atoms with Crippen molar-refractivity contribution < 1.29 is 34.1 Å². The van der Waals surface area contributed by atoms with Crippen LogP contribution in [0.15, 0.2) is 24.3 Å². The van der Waals surface area contributed by atoms with E-state index in [4.69, 9.17) is 14.9 Å². The van der Waals surface area contributed by atoms with Gasteiger partial charge in [-0.3, -0.25) is 4.79 Å². The van der Waals surface area contributed by atoms with E-state index in [0.717, 1.165) is 12.8 Å². The highest BCUT2D eigenvalue weighted by molar-refractivity contribution is 6.14. The molecular weight excluding hydrogens is 376 g/mol. The molecular formula is C22H32O7. The quantitative estimate of drug-likeness (QED) is 0.328. The van der Waals surface area contributed by atoms with Gasteiger partial charge in [0.2, 0.25) is 0 Å². The molecule has 0 unspecified atom stereocenters. The molecule has 162 valence electrons. The molecule has 0 bridgehead atoms. The van der Waals surface area contributed by atoms with Gasteiger partial charge >= 0.3 is 17.9 Å². The molecule has 0 amide bonds. The van der Waals surface area contributed by atoms with E-state index in [2.05, 4.69) is 11.7 Å². The van der Waals surface area contributed by atoms with Crippen LogP contribution in [0.5, 0.6) is 0 Å². The number of hydrogen-bond acceptors (Lipinski definition) is 7. The van der Waals surface area contributed by atoms with E-state index in [1.54, 1.807) is 31.2 Å². The van der Waals surface area contributed by atoms with E-state index < -0.39 is 17.4 Å². The molecule has 0 atom stereocenters. The minimum absolute atomic E-state index is 0.0780. The Kier molecular flexibility index (Phi) is 11.2. The first-order valence-electron chi connectivity index (χ1n) is 10.1.